The van der Waals surface area contributed by atoms with Crippen LogP contribution >= 0.6 is 0 Å². The predicted octanol–water partition coefficient (Wildman–Crippen LogP) is 3.59. The summed E-state index contributed by atoms with van der Waals surface area (Å²) >= 11 is 0. The van der Waals surface area contributed by atoms with Gasteiger partial charge in [0.1, 0.15) is 6.67 Å². The summed E-state index contributed by atoms with van der Waals surface area (Å²) in [5, 5.41) is 4.24. The van der Waals surface area contributed by atoms with Gasteiger partial charge >= 0.3 is 0 Å². The molecule has 0 spiro atoms. The van der Waals surface area contributed by atoms with Crippen LogP contribution in [0, 0.1) is 6.92 Å². The summed E-state index contributed by atoms with van der Waals surface area (Å²) in [6.07, 6.45) is 4.89. The Balaban J connectivity index is 1.52. The van der Waals surface area contributed by atoms with Crippen LogP contribution in [0.25, 0.3) is 5.70 Å². The molecule has 0 unspecified atom stereocenters. The van der Waals surface area contributed by atoms with Crippen molar-refractivity contribution in [3.63, 3.8) is 0 Å². The van der Waals surface area contributed by atoms with Crippen molar-refractivity contribution < 1.29 is 13.9 Å². The van der Waals surface area contributed by atoms with E-state index in [1.165, 1.54) is 5.01 Å². The van der Waals surface area contributed by atoms with Gasteiger partial charge in [-0.05, 0) is 55.0 Å². The van der Waals surface area contributed by atoms with Crippen molar-refractivity contribution >= 4 is 28.7 Å². The molecule has 1 amide bonds. The van der Waals surface area contributed by atoms with E-state index in [4.69, 9.17) is 16.3 Å². The van der Waals surface area contributed by atoms with Crippen LogP contribution in [0.4, 0.5) is 21.5 Å². The maximum Gasteiger partial charge on any atom is 0.255 e. The number of benzene rings is 2. The van der Waals surface area contributed by atoms with E-state index in [-0.39, 0.29) is 5.91 Å². The molecule has 9 heteroatoms. The van der Waals surface area contributed by atoms with Gasteiger partial charge in [0.25, 0.3) is 5.91 Å². The first-order chi connectivity index (χ1) is 17.0. The number of rotatable bonds is 7. The molecule has 182 valence electrons. The van der Waals surface area contributed by atoms with Crippen LogP contribution in [0.5, 0.6) is 0 Å². The quantitative estimate of drug-likeness (QED) is 0.353. The van der Waals surface area contributed by atoms with Gasteiger partial charge in [0.15, 0.2) is 0 Å². The number of morpholine rings is 1. The lowest BCUT2D eigenvalue weighted by Crippen LogP contribution is -2.36. The van der Waals surface area contributed by atoms with E-state index in [9.17, 15) is 9.18 Å². The minimum absolute atomic E-state index is 0.326. The Morgan fingerprint density at radius 2 is 2.00 bits per heavy atom. The van der Waals surface area contributed by atoms with Gasteiger partial charge in [-0.2, -0.15) is 0 Å². The van der Waals surface area contributed by atoms with Crippen molar-refractivity contribution in [2.24, 2.45) is 11.6 Å². The summed E-state index contributed by atoms with van der Waals surface area (Å²) in [5.41, 5.74) is 11.1. The van der Waals surface area contributed by atoms with Crippen LogP contribution in [0.1, 0.15) is 27.0 Å². The van der Waals surface area contributed by atoms with Crippen LogP contribution in [0.3, 0.4) is 0 Å². The number of pyridine rings is 1. The van der Waals surface area contributed by atoms with Gasteiger partial charge in [0, 0.05) is 59.7 Å². The molecule has 35 heavy (non-hydrogen) atoms. The van der Waals surface area contributed by atoms with Gasteiger partial charge in [-0.1, -0.05) is 6.07 Å². The molecule has 2 heterocycles. The van der Waals surface area contributed by atoms with Crippen LogP contribution in [-0.4, -0.2) is 37.2 Å². The standard InChI is InChI=1S/C26H29FN6O2/c1-18-4-5-19(14-25(18)33(29)17-23(28)20-3-2-8-30-16-20)26(34)31-22-6-7-24(21(13-22)15-27)32-9-11-35-12-10-32/h2-8,13-14,16-17H,9-12,15,28-29H2,1H3,(H,31,34)/b23-17-. The number of nitrogens with two attached hydrogens (primary N) is 2. The van der Waals surface area contributed by atoms with E-state index >= 15 is 0 Å². The molecule has 8 nitrogen and oxygen atoms in total. The van der Waals surface area contributed by atoms with Crippen molar-refractivity contribution in [1.29, 1.82) is 0 Å². The Morgan fingerprint density at radius 1 is 1.20 bits per heavy atom. The number of carbonyl (C=O) groups is 1. The number of ether oxygens (including phenoxy) is 1. The zero-order valence-corrected chi connectivity index (χ0v) is 19.6. The van der Waals surface area contributed by atoms with E-state index in [1.54, 1.807) is 48.9 Å². The summed E-state index contributed by atoms with van der Waals surface area (Å²) in [6.45, 7) is 3.91. The number of nitrogens with zero attached hydrogens (tertiary/aromatic N) is 3. The molecule has 1 fully saturated rings. The molecule has 2 aromatic carbocycles. The molecule has 1 aliphatic rings. The third-order valence-corrected chi connectivity index (χ3v) is 5.86. The van der Waals surface area contributed by atoms with Gasteiger partial charge in [0.2, 0.25) is 0 Å². The number of anilines is 3. The smallest absolute Gasteiger partial charge is 0.255 e. The molecule has 4 rings (SSSR count). The third-order valence-electron chi connectivity index (χ3n) is 5.86. The number of alkyl halides is 1. The number of aryl methyl sites for hydroxylation is 1. The number of hydrogen-bond acceptors (Lipinski definition) is 7. The highest BCUT2D eigenvalue weighted by atomic mass is 19.1. The highest BCUT2D eigenvalue weighted by Crippen LogP contribution is 2.27. The fraction of sp³-hybridized carbons (Fsp3) is 0.231. The van der Waals surface area contributed by atoms with Crippen LogP contribution in [0.15, 0.2) is 67.1 Å². The van der Waals surface area contributed by atoms with Crippen LogP contribution in [0.2, 0.25) is 0 Å². The molecule has 0 bridgehead atoms. The molecular formula is C26H29FN6O2. The van der Waals surface area contributed by atoms with E-state index in [1.807, 2.05) is 25.1 Å². The largest absolute Gasteiger partial charge is 0.397 e. The van der Waals surface area contributed by atoms with E-state index in [0.717, 1.165) is 16.8 Å². The molecule has 3 aromatic rings. The number of aromatic nitrogens is 1. The van der Waals surface area contributed by atoms with Gasteiger partial charge in [0.05, 0.1) is 24.6 Å². The Kier molecular flexibility index (Phi) is 7.59. The Labute approximate surface area is 204 Å². The molecule has 1 aliphatic heterocycles. The lowest BCUT2D eigenvalue weighted by molar-refractivity contribution is 0.102. The molecule has 5 N–H and O–H groups in total. The maximum atomic E-state index is 13.8. The van der Waals surface area contributed by atoms with Crippen molar-refractivity contribution in [3.8, 4) is 0 Å². The number of hydrazine groups is 1. The van der Waals surface area contributed by atoms with Gasteiger partial charge < -0.3 is 20.7 Å². The third kappa shape index (κ3) is 5.76. The highest BCUT2D eigenvalue weighted by Gasteiger charge is 2.17. The fourth-order valence-electron chi connectivity index (χ4n) is 3.94. The molecular weight excluding hydrogens is 447 g/mol. The fourth-order valence-corrected chi connectivity index (χ4v) is 3.94. The van der Waals surface area contributed by atoms with Crippen LogP contribution < -0.4 is 26.8 Å². The summed E-state index contributed by atoms with van der Waals surface area (Å²) in [6, 6.07) is 14.1. The summed E-state index contributed by atoms with van der Waals surface area (Å²) in [7, 11) is 0. The average molecular weight is 477 g/mol. The second-order valence-corrected chi connectivity index (χ2v) is 8.27. The first-order valence-corrected chi connectivity index (χ1v) is 11.3. The maximum absolute atomic E-state index is 13.8. The second kappa shape index (κ2) is 11.0. The number of nitrogens with one attached hydrogen (secondary N) is 1. The highest BCUT2D eigenvalue weighted by molar-refractivity contribution is 6.05. The van der Waals surface area contributed by atoms with E-state index < -0.39 is 6.67 Å². The van der Waals surface area contributed by atoms with Gasteiger partial charge in [-0.15, -0.1) is 0 Å². The Morgan fingerprint density at radius 3 is 2.71 bits per heavy atom. The number of carbonyl (C=O) groups excluding carboxylic acids is 1. The minimum Gasteiger partial charge on any atom is -0.397 e. The Hall–Kier alpha value is -3.95. The first-order valence-electron chi connectivity index (χ1n) is 11.3. The van der Waals surface area contributed by atoms with Gasteiger partial charge in [-0.25, -0.2) is 10.2 Å². The van der Waals surface area contributed by atoms with E-state index in [2.05, 4.69) is 15.2 Å². The SMILES string of the molecule is Cc1ccc(C(=O)Nc2ccc(N3CCOCC3)c(CF)c2)cc1N(N)/C=C(\N)c1cccnc1. The topological polar surface area (TPSA) is 110 Å². The first kappa shape index (κ1) is 24.2. The molecule has 1 aromatic heterocycles. The minimum atomic E-state index is -0.627. The molecule has 0 aliphatic carbocycles. The van der Waals surface area contributed by atoms with Crippen molar-refractivity contribution in [2.75, 3.05) is 41.5 Å². The lowest BCUT2D eigenvalue weighted by Gasteiger charge is -2.30. The second-order valence-electron chi connectivity index (χ2n) is 8.27. The van der Waals surface area contributed by atoms with Crippen LogP contribution in [-0.2, 0) is 11.4 Å². The predicted molar refractivity (Wildman–Crippen MR) is 136 cm³/mol. The van der Waals surface area contributed by atoms with Crippen molar-refractivity contribution in [3.05, 3.63) is 89.4 Å². The molecule has 0 atom stereocenters. The molecule has 1 saturated heterocycles. The summed E-state index contributed by atoms with van der Waals surface area (Å²) in [4.78, 5) is 19.1. The number of amides is 1. The van der Waals surface area contributed by atoms with Crippen molar-refractivity contribution in [1.82, 2.24) is 4.98 Å². The lowest BCUT2D eigenvalue weighted by atomic mass is 10.1. The van der Waals surface area contributed by atoms with Crippen molar-refractivity contribution in [2.45, 2.75) is 13.6 Å². The summed E-state index contributed by atoms with van der Waals surface area (Å²) in [5.74, 6) is 5.92. The van der Waals surface area contributed by atoms with Gasteiger partial charge in [-0.3, -0.25) is 14.8 Å². The monoisotopic (exact) mass is 476 g/mol. The summed E-state index contributed by atoms with van der Waals surface area (Å²) < 4.78 is 19.2. The Bertz CT molecular complexity index is 1210. The van der Waals surface area contributed by atoms with E-state index in [0.29, 0.717) is 54.5 Å². The average Bonchev–Trinajstić information content (AvgIpc) is 2.89. The number of hydrogen-bond donors (Lipinski definition) is 3. The zero-order valence-electron chi connectivity index (χ0n) is 19.6. The zero-order chi connectivity index (χ0) is 24.8. The molecule has 0 saturated carbocycles. The number of halogens is 1. The normalized spacial score (nSPS) is 14.0. The molecule has 0 radical (unpaired) electrons.